The van der Waals surface area contributed by atoms with Gasteiger partial charge in [0.2, 0.25) is 0 Å². The molecule has 26 heavy (non-hydrogen) atoms. The number of Topliss-reactive ketones (excluding diaryl/α,β-unsaturated/α-hetero) is 2. The number of carbonyl (C=O) groups excluding carboxylic acids is 2. The number of rotatable bonds is 5. The highest BCUT2D eigenvalue weighted by Gasteiger charge is 2.37. The van der Waals surface area contributed by atoms with Crippen LogP contribution in [0.15, 0.2) is 36.0 Å². The molecule has 2 aromatic heterocycles. The first kappa shape index (κ1) is 17.0. The number of carbonyl (C=O) groups is 2. The van der Waals surface area contributed by atoms with Crippen LogP contribution in [-0.2, 0) is 17.6 Å². The molecule has 3 heterocycles. The number of fused-ring (bicyclic) bond motifs is 2. The second-order valence-electron chi connectivity index (χ2n) is 6.57. The molecule has 0 aliphatic carbocycles. The molecule has 1 N–H and O–H groups in total. The second kappa shape index (κ2) is 6.70. The van der Waals surface area contributed by atoms with Crippen molar-refractivity contribution in [3.05, 3.63) is 52.8 Å². The summed E-state index contributed by atoms with van der Waals surface area (Å²) in [5.74, 6) is 0.00406. The van der Waals surface area contributed by atoms with E-state index in [9.17, 15) is 14.6 Å². The zero-order valence-electron chi connectivity index (χ0n) is 14.2. The quantitative estimate of drug-likeness (QED) is 0.553. The van der Waals surface area contributed by atoms with Crippen molar-refractivity contribution in [2.45, 2.75) is 32.0 Å². The average Bonchev–Trinajstić information content (AvgIpc) is 3.16. The van der Waals surface area contributed by atoms with E-state index in [1.54, 1.807) is 12.1 Å². The minimum Gasteiger partial charge on any atom is -0.535 e. The van der Waals surface area contributed by atoms with Gasteiger partial charge >= 0.3 is 7.12 Å². The van der Waals surface area contributed by atoms with E-state index in [1.165, 1.54) is 18.3 Å². The standard InChI is InChI=1S/C18H17BN2O4S/c1-11(22)16-4-2-3-12-7-13(19(24)25-17(12)16)8-15(23)9-14-10-21-5-6-26-18(21)20-14/h2-6,10,13,24H,7-9H2,1H3/t13-/m1/s1. The van der Waals surface area contributed by atoms with E-state index >= 15 is 0 Å². The second-order valence-corrected chi connectivity index (χ2v) is 7.44. The summed E-state index contributed by atoms with van der Waals surface area (Å²) in [7, 11) is -1.10. The number of benzene rings is 1. The first-order valence-electron chi connectivity index (χ1n) is 8.41. The van der Waals surface area contributed by atoms with Crippen molar-refractivity contribution < 1.29 is 19.3 Å². The molecule has 0 radical (unpaired) electrons. The fraction of sp³-hybridized carbons (Fsp3) is 0.278. The summed E-state index contributed by atoms with van der Waals surface area (Å²) >= 11 is 1.52. The molecule has 0 fully saturated rings. The molecule has 4 rings (SSSR count). The van der Waals surface area contributed by atoms with E-state index in [4.69, 9.17) is 4.65 Å². The SMILES string of the molecule is CC(=O)c1cccc2c1OB(O)[C@@H](CC(=O)Cc1cn3ccsc3n1)C2. The molecule has 1 atom stereocenters. The van der Waals surface area contributed by atoms with Crippen molar-refractivity contribution >= 4 is 35.0 Å². The molecule has 6 nitrogen and oxygen atoms in total. The van der Waals surface area contributed by atoms with Crippen LogP contribution in [0.2, 0.25) is 5.82 Å². The molecule has 0 amide bonds. The molecule has 3 aromatic rings. The Hall–Kier alpha value is -2.45. The predicted molar refractivity (Wildman–Crippen MR) is 98.9 cm³/mol. The summed E-state index contributed by atoms with van der Waals surface area (Å²) in [6.07, 6.45) is 4.70. The smallest absolute Gasteiger partial charge is 0.526 e. The van der Waals surface area contributed by atoms with E-state index in [2.05, 4.69) is 4.98 Å². The number of para-hydroxylation sites is 1. The van der Waals surface area contributed by atoms with Crippen LogP contribution in [0, 0.1) is 0 Å². The Morgan fingerprint density at radius 3 is 3.08 bits per heavy atom. The number of ketones is 2. The lowest BCUT2D eigenvalue weighted by molar-refractivity contribution is -0.118. The highest BCUT2D eigenvalue weighted by molar-refractivity contribution is 7.15. The summed E-state index contributed by atoms with van der Waals surface area (Å²) in [5, 5.41) is 12.3. The first-order valence-corrected chi connectivity index (χ1v) is 9.29. The Bertz CT molecular complexity index is 968. The van der Waals surface area contributed by atoms with Crippen LogP contribution in [0.5, 0.6) is 5.75 Å². The molecule has 0 bridgehead atoms. The van der Waals surface area contributed by atoms with Gasteiger partial charge in [-0.05, 0) is 25.0 Å². The van der Waals surface area contributed by atoms with Crippen molar-refractivity contribution in [1.29, 1.82) is 0 Å². The zero-order chi connectivity index (χ0) is 18.3. The van der Waals surface area contributed by atoms with Gasteiger partial charge in [-0.15, -0.1) is 11.3 Å². The van der Waals surface area contributed by atoms with Gasteiger partial charge in [-0.1, -0.05) is 12.1 Å². The number of imidazole rings is 1. The van der Waals surface area contributed by atoms with Crippen molar-refractivity contribution in [3.63, 3.8) is 0 Å². The highest BCUT2D eigenvalue weighted by Crippen LogP contribution is 2.36. The largest absolute Gasteiger partial charge is 0.535 e. The summed E-state index contributed by atoms with van der Waals surface area (Å²) in [4.78, 5) is 29.4. The number of hydrogen-bond acceptors (Lipinski definition) is 6. The Balaban J connectivity index is 1.46. The third-order valence-corrected chi connectivity index (χ3v) is 5.38. The van der Waals surface area contributed by atoms with Crippen LogP contribution in [0.1, 0.15) is 35.0 Å². The van der Waals surface area contributed by atoms with E-state index in [0.29, 0.717) is 17.7 Å². The minimum atomic E-state index is -1.10. The van der Waals surface area contributed by atoms with Gasteiger partial charge < -0.3 is 9.68 Å². The number of hydrogen-bond donors (Lipinski definition) is 1. The summed E-state index contributed by atoms with van der Waals surface area (Å²) in [6.45, 7) is 1.47. The van der Waals surface area contributed by atoms with Crippen molar-refractivity contribution in [3.8, 4) is 5.75 Å². The predicted octanol–water partition coefficient (Wildman–Crippen LogP) is 2.59. The molecule has 0 saturated heterocycles. The normalized spacial score (nSPS) is 16.4. The van der Waals surface area contributed by atoms with Crippen LogP contribution in [0.25, 0.3) is 4.96 Å². The van der Waals surface area contributed by atoms with Crippen molar-refractivity contribution in [1.82, 2.24) is 9.38 Å². The molecule has 0 saturated carbocycles. The topological polar surface area (TPSA) is 80.9 Å². The Labute approximate surface area is 154 Å². The zero-order valence-corrected chi connectivity index (χ0v) is 15.0. The lowest BCUT2D eigenvalue weighted by atomic mass is 9.64. The van der Waals surface area contributed by atoms with Crippen LogP contribution in [-0.4, -0.2) is 33.1 Å². The van der Waals surface area contributed by atoms with Gasteiger partial charge in [-0.3, -0.25) is 14.0 Å². The summed E-state index contributed by atoms with van der Waals surface area (Å²) < 4.78 is 7.48. The molecule has 0 spiro atoms. The van der Waals surface area contributed by atoms with Gasteiger partial charge in [-0.2, -0.15) is 0 Å². The van der Waals surface area contributed by atoms with Gasteiger partial charge in [0, 0.05) is 30.0 Å². The average molecular weight is 368 g/mol. The Morgan fingerprint density at radius 1 is 1.46 bits per heavy atom. The molecule has 0 unspecified atom stereocenters. The first-order chi connectivity index (χ1) is 12.5. The van der Waals surface area contributed by atoms with Crippen LogP contribution < -0.4 is 4.65 Å². The molecular weight excluding hydrogens is 351 g/mol. The lowest BCUT2D eigenvalue weighted by Gasteiger charge is -2.28. The maximum atomic E-state index is 12.4. The number of thiazole rings is 1. The van der Waals surface area contributed by atoms with Gasteiger partial charge in [-0.25, -0.2) is 4.98 Å². The molecule has 8 heteroatoms. The van der Waals surface area contributed by atoms with E-state index in [-0.39, 0.29) is 30.2 Å². The third kappa shape index (κ3) is 3.18. The van der Waals surface area contributed by atoms with E-state index in [0.717, 1.165) is 16.2 Å². The molecule has 1 aliphatic rings. The Kier molecular flexibility index (Phi) is 4.38. The van der Waals surface area contributed by atoms with E-state index in [1.807, 2.05) is 28.2 Å². The summed E-state index contributed by atoms with van der Waals surface area (Å²) in [5.41, 5.74) is 2.04. The van der Waals surface area contributed by atoms with Gasteiger partial charge in [0.15, 0.2) is 10.7 Å². The van der Waals surface area contributed by atoms with E-state index < -0.39 is 7.12 Å². The highest BCUT2D eigenvalue weighted by atomic mass is 32.1. The molecule has 1 aromatic carbocycles. The van der Waals surface area contributed by atoms with Crippen LogP contribution in [0.3, 0.4) is 0 Å². The molecule has 1 aliphatic heterocycles. The Morgan fingerprint density at radius 2 is 2.31 bits per heavy atom. The number of nitrogens with zero attached hydrogens (tertiary/aromatic N) is 2. The van der Waals surface area contributed by atoms with Crippen LogP contribution in [0.4, 0.5) is 0 Å². The van der Waals surface area contributed by atoms with Crippen LogP contribution >= 0.6 is 11.3 Å². The maximum absolute atomic E-state index is 12.4. The van der Waals surface area contributed by atoms with Crippen molar-refractivity contribution in [2.24, 2.45) is 0 Å². The molecular formula is C18H17BN2O4S. The van der Waals surface area contributed by atoms with Gasteiger partial charge in [0.05, 0.1) is 17.7 Å². The lowest BCUT2D eigenvalue weighted by Crippen LogP contribution is -2.36. The third-order valence-electron chi connectivity index (χ3n) is 4.61. The van der Waals surface area contributed by atoms with Gasteiger partial charge in [0.25, 0.3) is 0 Å². The fourth-order valence-corrected chi connectivity index (χ4v) is 4.08. The fourth-order valence-electron chi connectivity index (χ4n) is 3.36. The minimum absolute atomic E-state index is 0.00887. The van der Waals surface area contributed by atoms with Crippen molar-refractivity contribution in [2.75, 3.05) is 0 Å². The summed E-state index contributed by atoms with van der Waals surface area (Å²) in [6, 6.07) is 5.35. The maximum Gasteiger partial charge on any atom is 0.526 e. The monoisotopic (exact) mass is 368 g/mol. The molecule has 132 valence electrons. The van der Waals surface area contributed by atoms with Gasteiger partial charge in [0.1, 0.15) is 11.5 Å². The number of aromatic nitrogens is 2.